The lowest BCUT2D eigenvalue weighted by Crippen LogP contribution is -2.13. The standard InChI is InChI=1S/C8H8ClN5O2S2/c1-10-7-6(9)2-5(3-11-7)18(15,16)14-8-13-12-4-17-8/h2-4H,1H3,(H,10,11)(H,13,14). The first-order valence-electron chi connectivity index (χ1n) is 4.65. The molecule has 0 atom stereocenters. The monoisotopic (exact) mass is 305 g/mol. The average molecular weight is 306 g/mol. The molecule has 2 aromatic rings. The predicted octanol–water partition coefficient (Wildman–Crippen LogP) is 1.43. The largest absolute Gasteiger partial charge is 0.372 e. The summed E-state index contributed by atoms with van der Waals surface area (Å²) in [6.45, 7) is 0. The predicted molar refractivity (Wildman–Crippen MR) is 69.5 cm³/mol. The normalized spacial score (nSPS) is 11.2. The lowest BCUT2D eigenvalue weighted by Gasteiger charge is -2.07. The first-order chi connectivity index (χ1) is 8.53. The number of anilines is 2. The Morgan fingerprint density at radius 3 is 2.78 bits per heavy atom. The van der Waals surface area contributed by atoms with E-state index in [0.717, 1.165) is 11.3 Å². The molecule has 2 rings (SSSR count). The molecule has 2 heterocycles. The van der Waals surface area contributed by atoms with Gasteiger partial charge in [-0.15, -0.1) is 10.2 Å². The van der Waals surface area contributed by atoms with E-state index in [2.05, 4.69) is 25.2 Å². The maximum absolute atomic E-state index is 12.0. The number of hydrogen-bond donors (Lipinski definition) is 2. The van der Waals surface area contributed by atoms with Gasteiger partial charge in [-0.05, 0) is 6.07 Å². The van der Waals surface area contributed by atoms with Gasteiger partial charge in [0.05, 0.1) is 5.02 Å². The van der Waals surface area contributed by atoms with Gasteiger partial charge in [-0.1, -0.05) is 22.9 Å². The molecule has 2 aromatic heterocycles. The Morgan fingerprint density at radius 1 is 1.44 bits per heavy atom. The molecule has 0 aliphatic rings. The number of hydrogen-bond acceptors (Lipinski definition) is 7. The highest BCUT2D eigenvalue weighted by molar-refractivity contribution is 7.93. The molecule has 0 aliphatic carbocycles. The molecule has 0 aromatic carbocycles. The van der Waals surface area contributed by atoms with Gasteiger partial charge >= 0.3 is 0 Å². The molecule has 0 radical (unpaired) electrons. The minimum absolute atomic E-state index is 0.0401. The SMILES string of the molecule is CNc1ncc(S(=O)(=O)Nc2nncs2)cc1Cl. The van der Waals surface area contributed by atoms with E-state index in [9.17, 15) is 8.42 Å². The Bertz CT molecular complexity index is 644. The van der Waals surface area contributed by atoms with Crippen LogP contribution in [-0.2, 0) is 10.0 Å². The second-order valence-electron chi connectivity index (χ2n) is 3.10. The summed E-state index contributed by atoms with van der Waals surface area (Å²) in [6.07, 6.45) is 1.21. The van der Waals surface area contributed by atoms with Crippen LogP contribution in [0.4, 0.5) is 10.9 Å². The summed E-state index contributed by atoms with van der Waals surface area (Å²) >= 11 is 6.95. The number of sulfonamides is 1. The Hall–Kier alpha value is -1.45. The van der Waals surface area contributed by atoms with Crippen molar-refractivity contribution in [2.45, 2.75) is 4.90 Å². The lowest BCUT2D eigenvalue weighted by molar-refractivity contribution is 0.600. The molecule has 0 saturated heterocycles. The van der Waals surface area contributed by atoms with E-state index < -0.39 is 10.0 Å². The third-order valence-electron chi connectivity index (χ3n) is 1.94. The third-order valence-corrected chi connectivity index (χ3v) is 4.27. The van der Waals surface area contributed by atoms with E-state index in [1.807, 2.05) is 0 Å². The molecule has 2 N–H and O–H groups in total. The summed E-state index contributed by atoms with van der Waals surface area (Å²) in [6, 6.07) is 1.31. The van der Waals surface area contributed by atoms with Crippen LogP contribution in [0.15, 0.2) is 22.7 Å². The highest BCUT2D eigenvalue weighted by atomic mass is 35.5. The molecule has 0 unspecified atom stereocenters. The molecule has 0 fully saturated rings. The fraction of sp³-hybridized carbons (Fsp3) is 0.125. The number of rotatable bonds is 4. The molecule has 0 saturated carbocycles. The van der Waals surface area contributed by atoms with Gasteiger partial charge in [0, 0.05) is 13.2 Å². The van der Waals surface area contributed by atoms with Crippen molar-refractivity contribution in [2.75, 3.05) is 17.1 Å². The van der Waals surface area contributed by atoms with Crippen LogP contribution in [0.2, 0.25) is 5.02 Å². The zero-order valence-electron chi connectivity index (χ0n) is 9.08. The molecule has 0 bridgehead atoms. The van der Waals surface area contributed by atoms with Gasteiger partial charge < -0.3 is 5.32 Å². The highest BCUT2D eigenvalue weighted by Gasteiger charge is 2.17. The molecule has 18 heavy (non-hydrogen) atoms. The first-order valence-corrected chi connectivity index (χ1v) is 7.39. The Morgan fingerprint density at radius 2 is 2.22 bits per heavy atom. The van der Waals surface area contributed by atoms with E-state index in [-0.39, 0.29) is 15.0 Å². The maximum Gasteiger partial charge on any atom is 0.265 e. The van der Waals surface area contributed by atoms with E-state index >= 15 is 0 Å². The summed E-state index contributed by atoms with van der Waals surface area (Å²) in [5.41, 5.74) is 1.42. The Balaban J connectivity index is 2.33. The number of nitrogens with one attached hydrogen (secondary N) is 2. The zero-order chi connectivity index (χ0) is 13.2. The van der Waals surface area contributed by atoms with Crippen molar-refractivity contribution in [3.8, 4) is 0 Å². The van der Waals surface area contributed by atoms with Crippen LogP contribution in [0.25, 0.3) is 0 Å². The molecule has 96 valence electrons. The van der Waals surface area contributed by atoms with Crippen LogP contribution in [0.1, 0.15) is 0 Å². The first kappa shape index (κ1) is 13.0. The second-order valence-corrected chi connectivity index (χ2v) is 6.02. The number of pyridine rings is 1. The summed E-state index contributed by atoms with van der Waals surface area (Å²) in [5, 5.41) is 10.3. The minimum atomic E-state index is -3.75. The van der Waals surface area contributed by atoms with Crippen molar-refractivity contribution in [3.63, 3.8) is 0 Å². The minimum Gasteiger partial charge on any atom is -0.372 e. The van der Waals surface area contributed by atoms with E-state index in [1.165, 1.54) is 17.8 Å². The molecule has 10 heteroatoms. The quantitative estimate of drug-likeness (QED) is 0.887. The number of halogens is 1. The van der Waals surface area contributed by atoms with Crippen molar-refractivity contribution < 1.29 is 8.42 Å². The van der Waals surface area contributed by atoms with Gasteiger partial charge in [0.15, 0.2) is 0 Å². The van der Waals surface area contributed by atoms with Gasteiger partial charge in [-0.25, -0.2) is 13.4 Å². The summed E-state index contributed by atoms with van der Waals surface area (Å²) in [5.74, 6) is 0.409. The van der Waals surface area contributed by atoms with Gasteiger partial charge in [0.25, 0.3) is 10.0 Å². The fourth-order valence-electron chi connectivity index (χ4n) is 1.14. The molecule has 0 aliphatic heterocycles. The van der Waals surface area contributed by atoms with Crippen molar-refractivity contribution in [1.82, 2.24) is 15.2 Å². The molecular formula is C8H8ClN5O2S2. The van der Waals surface area contributed by atoms with Gasteiger partial charge in [-0.3, -0.25) is 4.72 Å². The number of nitrogens with zero attached hydrogens (tertiary/aromatic N) is 3. The van der Waals surface area contributed by atoms with Crippen LogP contribution in [0.5, 0.6) is 0 Å². The molecular weight excluding hydrogens is 298 g/mol. The zero-order valence-corrected chi connectivity index (χ0v) is 11.5. The fourth-order valence-corrected chi connectivity index (χ4v) is 3.13. The van der Waals surface area contributed by atoms with Crippen molar-refractivity contribution in [2.24, 2.45) is 0 Å². The van der Waals surface area contributed by atoms with Crippen LogP contribution in [-0.4, -0.2) is 30.6 Å². The molecule has 0 spiro atoms. The average Bonchev–Trinajstić information content (AvgIpc) is 2.81. The van der Waals surface area contributed by atoms with Crippen LogP contribution < -0.4 is 10.0 Å². The topological polar surface area (TPSA) is 96.9 Å². The second kappa shape index (κ2) is 5.04. The van der Waals surface area contributed by atoms with E-state index in [0.29, 0.717) is 5.82 Å². The van der Waals surface area contributed by atoms with E-state index in [1.54, 1.807) is 7.05 Å². The van der Waals surface area contributed by atoms with Gasteiger partial charge in [0.1, 0.15) is 16.2 Å². The Kier molecular flexibility index (Phi) is 3.64. The van der Waals surface area contributed by atoms with Crippen LogP contribution >= 0.6 is 22.9 Å². The third kappa shape index (κ3) is 2.68. The van der Waals surface area contributed by atoms with Crippen molar-refractivity contribution in [1.29, 1.82) is 0 Å². The van der Waals surface area contributed by atoms with Gasteiger partial charge in [0.2, 0.25) is 5.13 Å². The molecule has 0 amide bonds. The Labute approximate surface area is 112 Å². The van der Waals surface area contributed by atoms with E-state index in [4.69, 9.17) is 11.6 Å². The van der Waals surface area contributed by atoms with Crippen LogP contribution in [0, 0.1) is 0 Å². The van der Waals surface area contributed by atoms with Crippen molar-refractivity contribution in [3.05, 3.63) is 22.8 Å². The summed E-state index contributed by atoms with van der Waals surface area (Å²) in [4.78, 5) is 3.86. The number of aromatic nitrogens is 3. The summed E-state index contributed by atoms with van der Waals surface area (Å²) < 4.78 is 26.2. The highest BCUT2D eigenvalue weighted by Crippen LogP contribution is 2.23. The summed E-state index contributed by atoms with van der Waals surface area (Å²) in [7, 11) is -2.11. The van der Waals surface area contributed by atoms with Crippen molar-refractivity contribution >= 4 is 43.9 Å². The maximum atomic E-state index is 12.0. The lowest BCUT2D eigenvalue weighted by atomic mass is 10.4. The van der Waals surface area contributed by atoms with Crippen LogP contribution in [0.3, 0.4) is 0 Å². The van der Waals surface area contributed by atoms with Gasteiger partial charge in [-0.2, -0.15) is 0 Å². The smallest absolute Gasteiger partial charge is 0.265 e. The molecule has 7 nitrogen and oxygen atoms in total.